The minimum absolute atomic E-state index is 0.0859. The molecule has 0 fully saturated rings. The van der Waals surface area contributed by atoms with Gasteiger partial charge in [-0.1, -0.05) is 36.4 Å². The highest BCUT2D eigenvalue weighted by atomic mass is 16.7. The molecule has 3 atom stereocenters. The minimum atomic E-state index is -1.03. The van der Waals surface area contributed by atoms with Crippen molar-refractivity contribution in [3.05, 3.63) is 89.5 Å². The lowest BCUT2D eigenvalue weighted by Crippen LogP contribution is -2.32. The fourth-order valence-electron chi connectivity index (χ4n) is 4.61. The number of aldehydes is 3. The molecule has 0 spiro atoms. The smallest absolute Gasteiger partial charge is 0.257 e. The average Bonchev–Trinajstić information content (AvgIpc) is 2.98. The highest BCUT2D eigenvalue weighted by molar-refractivity contribution is 5.56. The Morgan fingerprint density at radius 1 is 0.468 bits per heavy atom. The number of ether oxygens (including phenoxy) is 6. The Labute approximate surface area is 278 Å². The van der Waals surface area contributed by atoms with Crippen LogP contribution in [0.25, 0.3) is 0 Å². The van der Waals surface area contributed by atoms with Gasteiger partial charge in [0.15, 0.2) is 18.9 Å². The summed E-state index contributed by atoms with van der Waals surface area (Å²) in [4.78, 5) is 34.7. The number of hydrogen-bond acceptors (Lipinski definition) is 9. The second-order valence-electron chi connectivity index (χ2n) is 14.1. The third-order valence-corrected chi connectivity index (χ3v) is 6.43. The number of rotatable bonds is 16. The third-order valence-electron chi connectivity index (χ3n) is 6.43. The van der Waals surface area contributed by atoms with Crippen molar-refractivity contribution in [1.82, 2.24) is 0 Å². The lowest BCUT2D eigenvalue weighted by atomic mass is 9.86. The second-order valence-corrected chi connectivity index (χ2v) is 14.1. The molecule has 47 heavy (non-hydrogen) atoms. The first-order valence-electron chi connectivity index (χ1n) is 15.6. The highest BCUT2D eigenvalue weighted by Gasteiger charge is 2.23. The van der Waals surface area contributed by atoms with Crippen LogP contribution in [0.4, 0.5) is 0 Å². The summed E-state index contributed by atoms with van der Waals surface area (Å²) < 4.78 is 34.4. The maximum absolute atomic E-state index is 11.6. The van der Waals surface area contributed by atoms with Crippen LogP contribution in [0.5, 0.6) is 17.2 Å². The molecule has 0 aromatic heterocycles. The van der Waals surface area contributed by atoms with Crippen LogP contribution in [-0.2, 0) is 35.0 Å². The molecule has 0 aliphatic rings. The fourth-order valence-corrected chi connectivity index (χ4v) is 4.61. The van der Waals surface area contributed by atoms with Crippen LogP contribution in [-0.4, -0.2) is 54.5 Å². The van der Waals surface area contributed by atoms with E-state index in [-0.39, 0.29) is 5.92 Å². The van der Waals surface area contributed by atoms with Crippen LogP contribution in [0.15, 0.2) is 72.8 Å². The first-order chi connectivity index (χ1) is 22.0. The molecular formula is C38H48O9. The molecule has 3 aromatic rings. The molecular weight excluding hydrogens is 600 g/mol. The van der Waals surface area contributed by atoms with Crippen LogP contribution in [0.1, 0.15) is 84.9 Å². The van der Waals surface area contributed by atoms with E-state index in [1.807, 2.05) is 135 Å². The molecule has 3 unspecified atom stereocenters. The van der Waals surface area contributed by atoms with Crippen molar-refractivity contribution >= 4 is 18.9 Å². The Bertz CT molecular complexity index is 1340. The van der Waals surface area contributed by atoms with Crippen molar-refractivity contribution in [2.45, 2.75) is 110 Å². The standard InChI is InChI=1S/C38H48O9/c1-36(2,3)45-33(23-39)42-29-16-10-26(11-17-29)22-32(27-12-18-30(19-13-27)43-34(24-40)46-37(4,5)6)28-14-20-31(21-15-28)44-35(25-41)47-38(7,8)9/h10-21,23-25,32-35H,22H2,1-9H3. The first-order valence-corrected chi connectivity index (χ1v) is 15.6. The van der Waals surface area contributed by atoms with E-state index in [1.165, 1.54) is 0 Å². The summed E-state index contributed by atoms with van der Waals surface area (Å²) in [5, 5.41) is 0. The van der Waals surface area contributed by atoms with Crippen molar-refractivity contribution in [3.8, 4) is 17.2 Å². The Kier molecular flexibility index (Phi) is 12.9. The highest BCUT2D eigenvalue weighted by Crippen LogP contribution is 2.32. The summed E-state index contributed by atoms with van der Waals surface area (Å²) >= 11 is 0. The van der Waals surface area contributed by atoms with Gasteiger partial charge in [-0.25, -0.2) is 0 Å². The molecule has 0 aliphatic heterocycles. The van der Waals surface area contributed by atoms with Crippen LogP contribution in [0.2, 0.25) is 0 Å². The lowest BCUT2D eigenvalue weighted by molar-refractivity contribution is -0.161. The molecule has 3 rings (SSSR count). The Morgan fingerprint density at radius 2 is 0.745 bits per heavy atom. The monoisotopic (exact) mass is 648 g/mol. The predicted octanol–water partition coefficient (Wildman–Crippen LogP) is 7.22. The molecule has 0 N–H and O–H groups in total. The van der Waals surface area contributed by atoms with E-state index in [1.54, 1.807) is 0 Å². The van der Waals surface area contributed by atoms with E-state index in [0.717, 1.165) is 16.7 Å². The Morgan fingerprint density at radius 3 is 1.00 bits per heavy atom. The fraction of sp³-hybridized carbons (Fsp3) is 0.447. The third kappa shape index (κ3) is 13.3. The molecule has 0 radical (unpaired) electrons. The average molecular weight is 649 g/mol. The van der Waals surface area contributed by atoms with Crippen molar-refractivity contribution in [2.75, 3.05) is 0 Å². The minimum Gasteiger partial charge on any atom is -0.458 e. The summed E-state index contributed by atoms with van der Waals surface area (Å²) in [6.45, 7) is 16.7. The molecule has 0 saturated heterocycles. The molecule has 0 amide bonds. The molecule has 9 heteroatoms. The summed E-state index contributed by atoms with van der Waals surface area (Å²) in [5.74, 6) is 1.43. The number of hydrogen-bond donors (Lipinski definition) is 0. The number of carbonyl (C=O) groups is 3. The number of carbonyl (C=O) groups excluding carboxylic acids is 3. The summed E-state index contributed by atoms with van der Waals surface area (Å²) in [7, 11) is 0. The van der Waals surface area contributed by atoms with Crippen LogP contribution in [0.3, 0.4) is 0 Å². The van der Waals surface area contributed by atoms with Gasteiger partial charge in [0.1, 0.15) is 17.2 Å². The maximum Gasteiger partial charge on any atom is 0.257 e. The predicted molar refractivity (Wildman–Crippen MR) is 179 cm³/mol. The van der Waals surface area contributed by atoms with Crippen molar-refractivity contribution in [3.63, 3.8) is 0 Å². The van der Waals surface area contributed by atoms with Gasteiger partial charge >= 0.3 is 0 Å². The lowest BCUT2D eigenvalue weighted by Gasteiger charge is -2.25. The van der Waals surface area contributed by atoms with Gasteiger partial charge in [0.05, 0.1) is 16.8 Å². The molecule has 0 heterocycles. The number of benzene rings is 3. The normalized spacial score (nSPS) is 14.7. The van der Waals surface area contributed by atoms with Gasteiger partial charge in [-0.15, -0.1) is 0 Å². The van der Waals surface area contributed by atoms with Gasteiger partial charge in [-0.3, -0.25) is 14.4 Å². The zero-order valence-electron chi connectivity index (χ0n) is 28.9. The zero-order valence-corrected chi connectivity index (χ0v) is 28.9. The van der Waals surface area contributed by atoms with Gasteiger partial charge in [-0.2, -0.15) is 0 Å². The largest absolute Gasteiger partial charge is 0.458 e. The Hall–Kier alpha value is -4.05. The van der Waals surface area contributed by atoms with Crippen LogP contribution >= 0.6 is 0 Å². The SMILES string of the molecule is CC(C)(C)OC(C=O)Oc1ccc(CC(c2ccc(OC(C=O)OC(C)(C)C)cc2)c2ccc(OC(C=O)OC(C)(C)C)cc2)cc1. The van der Waals surface area contributed by atoms with Gasteiger partial charge in [0, 0.05) is 5.92 Å². The van der Waals surface area contributed by atoms with E-state index in [0.29, 0.717) is 42.5 Å². The van der Waals surface area contributed by atoms with Crippen molar-refractivity contribution in [1.29, 1.82) is 0 Å². The van der Waals surface area contributed by atoms with E-state index < -0.39 is 35.7 Å². The summed E-state index contributed by atoms with van der Waals surface area (Å²) in [6, 6.07) is 22.6. The van der Waals surface area contributed by atoms with E-state index in [9.17, 15) is 14.4 Å². The molecule has 3 aromatic carbocycles. The topological polar surface area (TPSA) is 107 Å². The maximum atomic E-state index is 11.6. The summed E-state index contributed by atoms with van der Waals surface area (Å²) in [6.07, 6.45) is -0.555. The second kappa shape index (κ2) is 16.2. The zero-order chi connectivity index (χ0) is 34.8. The van der Waals surface area contributed by atoms with Crippen molar-refractivity contribution in [2.24, 2.45) is 0 Å². The van der Waals surface area contributed by atoms with E-state index in [4.69, 9.17) is 28.4 Å². The summed E-state index contributed by atoms with van der Waals surface area (Å²) in [5.41, 5.74) is 1.40. The van der Waals surface area contributed by atoms with Crippen LogP contribution in [0, 0.1) is 0 Å². The van der Waals surface area contributed by atoms with Gasteiger partial charge in [0.25, 0.3) is 18.9 Å². The molecule has 0 bridgehead atoms. The van der Waals surface area contributed by atoms with E-state index >= 15 is 0 Å². The molecule has 0 aliphatic carbocycles. The molecule has 9 nitrogen and oxygen atoms in total. The van der Waals surface area contributed by atoms with Crippen LogP contribution < -0.4 is 14.2 Å². The first kappa shape index (κ1) is 37.4. The molecule has 0 saturated carbocycles. The Balaban J connectivity index is 1.86. The van der Waals surface area contributed by atoms with Gasteiger partial charge in [0.2, 0.25) is 0 Å². The van der Waals surface area contributed by atoms with Gasteiger partial charge in [-0.05, 0) is 122 Å². The van der Waals surface area contributed by atoms with Crippen molar-refractivity contribution < 1.29 is 42.8 Å². The van der Waals surface area contributed by atoms with E-state index in [2.05, 4.69) is 0 Å². The quantitative estimate of drug-likeness (QED) is 0.118. The van der Waals surface area contributed by atoms with Gasteiger partial charge < -0.3 is 28.4 Å². The molecule has 254 valence electrons.